The number of anilines is 1. The maximum Gasteiger partial charge on any atom is 0.240 e. The van der Waals surface area contributed by atoms with E-state index in [2.05, 4.69) is 47.0 Å². The average Bonchev–Trinajstić information content (AvgIpc) is 3.08. The molecule has 2 aromatic carbocycles. The van der Waals surface area contributed by atoms with E-state index in [-0.39, 0.29) is 23.9 Å². The van der Waals surface area contributed by atoms with Crippen molar-refractivity contribution >= 4 is 22.6 Å². The molecule has 5 nitrogen and oxygen atoms in total. The van der Waals surface area contributed by atoms with E-state index in [0.717, 1.165) is 5.69 Å². The number of rotatable bonds is 5. The minimum absolute atomic E-state index is 0.0479. The molecule has 0 saturated heterocycles. The first kappa shape index (κ1) is 18.1. The molecule has 1 atom stereocenters. The predicted molar refractivity (Wildman–Crippen MR) is 104 cm³/mol. The normalized spacial score (nSPS) is 12.9. The zero-order valence-electron chi connectivity index (χ0n) is 15.7. The maximum absolute atomic E-state index is 12.2. The van der Waals surface area contributed by atoms with Crippen LogP contribution in [0.2, 0.25) is 0 Å². The summed E-state index contributed by atoms with van der Waals surface area (Å²) in [5.74, 6) is 0.216. The summed E-state index contributed by atoms with van der Waals surface area (Å²) in [4.78, 5) is 12.2. The molecule has 0 aliphatic heterocycles. The molecule has 136 valence electrons. The minimum atomic E-state index is -0.159. The fraction of sp³-hybridized carbons (Fsp3) is 0.333. The molecule has 2 N–H and O–H groups in total. The van der Waals surface area contributed by atoms with Crippen LogP contribution < -0.4 is 10.6 Å². The first-order chi connectivity index (χ1) is 12.3. The van der Waals surface area contributed by atoms with Gasteiger partial charge in [0, 0.05) is 17.5 Å². The highest BCUT2D eigenvalue weighted by molar-refractivity contribution is 5.91. The zero-order valence-corrected chi connectivity index (χ0v) is 15.7. The summed E-state index contributed by atoms with van der Waals surface area (Å²) in [7, 11) is 0. The van der Waals surface area contributed by atoms with Gasteiger partial charge in [-0.1, -0.05) is 68.4 Å². The molecule has 0 aliphatic carbocycles. The van der Waals surface area contributed by atoms with Gasteiger partial charge in [-0.2, -0.15) is 0 Å². The number of nitrogens with one attached hydrogen (secondary N) is 2. The SMILES string of the molecule is C[C@H](NCC(=O)Nc1cc(C(C)(C)C)no1)c1cccc2ccccc12. The van der Waals surface area contributed by atoms with Crippen molar-refractivity contribution in [2.45, 2.75) is 39.2 Å². The molecular formula is C21H25N3O2. The number of carbonyl (C=O) groups excluding carboxylic acids is 1. The third-order valence-electron chi connectivity index (χ3n) is 4.40. The number of fused-ring (bicyclic) bond motifs is 1. The van der Waals surface area contributed by atoms with Gasteiger partial charge in [0.1, 0.15) is 0 Å². The maximum atomic E-state index is 12.2. The van der Waals surface area contributed by atoms with Gasteiger partial charge < -0.3 is 9.84 Å². The second-order valence-electron chi connectivity index (χ2n) is 7.55. The third-order valence-corrected chi connectivity index (χ3v) is 4.40. The lowest BCUT2D eigenvalue weighted by molar-refractivity contribution is -0.115. The molecule has 0 saturated carbocycles. The molecular weight excluding hydrogens is 326 g/mol. The Morgan fingerprint density at radius 2 is 1.88 bits per heavy atom. The van der Waals surface area contributed by atoms with Gasteiger partial charge in [0.15, 0.2) is 0 Å². The Morgan fingerprint density at radius 1 is 1.15 bits per heavy atom. The summed E-state index contributed by atoms with van der Waals surface area (Å²) in [6.45, 7) is 8.38. The smallest absolute Gasteiger partial charge is 0.240 e. The van der Waals surface area contributed by atoms with Crippen molar-refractivity contribution in [1.29, 1.82) is 0 Å². The summed E-state index contributed by atoms with van der Waals surface area (Å²) in [6.07, 6.45) is 0. The molecule has 26 heavy (non-hydrogen) atoms. The van der Waals surface area contributed by atoms with Crippen molar-refractivity contribution in [2.24, 2.45) is 0 Å². The number of hydrogen-bond donors (Lipinski definition) is 2. The molecule has 0 spiro atoms. The zero-order chi connectivity index (χ0) is 18.7. The Hall–Kier alpha value is -2.66. The number of amides is 1. The highest BCUT2D eigenvalue weighted by atomic mass is 16.5. The molecule has 0 radical (unpaired) electrons. The van der Waals surface area contributed by atoms with Crippen LogP contribution in [0.4, 0.5) is 5.88 Å². The Morgan fingerprint density at radius 3 is 2.62 bits per heavy atom. The Labute approximate surface area is 153 Å². The van der Waals surface area contributed by atoms with Crippen LogP contribution in [-0.2, 0) is 10.2 Å². The van der Waals surface area contributed by atoms with E-state index in [1.54, 1.807) is 6.07 Å². The van der Waals surface area contributed by atoms with Gasteiger partial charge in [-0.25, -0.2) is 0 Å². The fourth-order valence-electron chi connectivity index (χ4n) is 2.85. The molecule has 3 aromatic rings. The lowest BCUT2D eigenvalue weighted by atomic mass is 9.92. The van der Waals surface area contributed by atoms with Crippen molar-refractivity contribution in [3.8, 4) is 0 Å². The molecule has 1 aromatic heterocycles. The molecule has 0 fully saturated rings. The number of nitrogens with zero attached hydrogens (tertiary/aromatic N) is 1. The van der Waals surface area contributed by atoms with Crippen LogP contribution in [-0.4, -0.2) is 17.6 Å². The highest BCUT2D eigenvalue weighted by Crippen LogP contribution is 2.25. The van der Waals surface area contributed by atoms with E-state index >= 15 is 0 Å². The van der Waals surface area contributed by atoms with E-state index in [9.17, 15) is 4.79 Å². The largest absolute Gasteiger partial charge is 0.338 e. The van der Waals surface area contributed by atoms with Crippen LogP contribution in [0.5, 0.6) is 0 Å². The topological polar surface area (TPSA) is 67.2 Å². The third kappa shape index (κ3) is 4.11. The molecule has 0 unspecified atom stereocenters. The van der Waals surface area contributed by atoms with E-state index < -0.39 is 0 Å². The molecule has 0 bridgehead atoms. The van der Waals surface area contributed by atoms with Crippen LogP contribution in [0.15, 0.2) is 53.1 Å². The van der Waals surface area contributed by atoms with Gasteiger partial charge in [0.25, 0.3) is 0 Å². The lowest BCUT2D eigenvalue weighted by Gasteiger charge is -2.16. The van der Waals surface area contributed by atoms with E-state index in [0.29, 0.717) is 5.88 Å². The van der Waals surface area contributed by atoms with Gasteiger partial charge in [-0.05, 0) is 23.3 Å². The Balaban J connectivity index is 1.61. The number of benzene rings is 2. The predicted octanol–water partition coefficient (Wildman–Crippen LogP) is 4.41. The Kier molecular flexibility index (Phi) is 5.09. The number of carbonyl (C=O) groups is 1. The monoisotopic (exact) mass is 351 g/mol. The Bertz CT molecular complexity index is 904. The minimum Gasteiger partial charge on any atom is -0.338 e. The standard InChI is InChI=1S/C21H25N3O2/c1-14(16-11-7-9-15-8-5-6-10-17(15)16)22-13-19(25)23-20-12-18(24-26-20)21(2,3)4/h5-12,14,22H,13H2,1-4H3,(H,23,25)/t14-/m0/s1. The summed E-state index contributed by atoms with van der Waals surface area (Å²) >= 11 is 0. The van der Waals surface area contributed by atoms with Crippen LogP contribution in [0.3, 0.4) is 0 Å². The quantitative estimate of drug-likeness (QED) is 0.714. The van der Waals surface area contributed by atoms with Crippen molar-refractivity contribution in [1.82, 2.24) is 10.5 Å². The number of aromatic nitrogens is 1. The van der Waals surface area contributed by atoms with E-state index in [1.165, 1.54) is 16.3 Å². The second-order valence-corrected chi connectivity index (χ2v) is 7.55. The molecule has 1 amide bonds. The van der Waals surface area contributed by atoms with Gasteiger partial charge in [-0.15, -0.1) is 0 Å². The van der Waals surface area contributed by atoms with Gasteiger partial charge in [0.2, 0.25) is 11.8 Å². The first-order valence-corrected chi connectivity index (χ1v) is 8.82. The van der Waals surface area contributed by atoms with E-state index in [1.807, 2.05) is 39.0 Å². The van der Waals surface area contributed by atoms with E-state index in [4.69, 9.17) is 4.52 Å². The fourth-order valence-corrected chi connectivity index (χ4v) is 2.85. The number of hydrogen-bond acceptors (Lipinski definition) is 4. The summed E-state index contributed by atoms with van der Waals surface area (Å²) in [5.41, 5.74) is 1.86. The molecule has 3 rings (SSSR count). The van der Waals surface area contributed by atoms with Gasteiger partial charge >= 0.3 is 0 Å². The van der Waals surface area contributed by atoms with Crippen LogP contribution in [0.25, 0.3) is 10.8 Å². The molecule has 1 heterocycles. The summed E-state index contributed by atoms with van der Waals surface area (Å²) in [6, 6.07) is 16.3. The van der Waals surface area contributed by atoms with Crippen LogP contribution in [0.1, 0.15) is 45.0 Å². The van der Waals surface area contributed by atoms with Crippen molar-refractivity contribution in [3.05, 3.63) is 59.8 Å². The summed E-state index contributed by atoms with van der Waals surface area (Å²) < 4.78 is 5.20. The first-order valence-electron chi connectivity index (χ1n) is 8.82. The molecule has 0 aliphatic rings. The van der Waals surface area contributed by atoms with Crippen molar-refractivity contribution in [2.75, 3.05) is 11.9 Å². The summed E-state index contributed by atoms with van der Waals surface area (Å²) in [5, 5.41) is 12.4. The highest BCUT2D eigenvalue weighted by Gasteiger charge is 2.20. The van der Waals surface area contributed by atoms with Crippen molar-refractivity contribution in [3.63, 3.8) is 0 Å². The lowest BCUT2D eigenvalue weighted by Crippen LogP contribution is -2.30. The van der Waals surface area contributed by atoms with Crippen LogP contribution in [0, 0.1) is 0 Å². The van der Waals surface area contributed by atoms with Crippen molar-refractivity contribution < 1.29 is 9.32 Å². The average molecular weight is 351 g/mol. The molecule has 5 heteroatoms. The van der Waals surface area contributed by atoms with Gasteiger partial charge in [-0.3, -0.25) is 10.1 Å². The van der Waals surface area contributed by atoms with Gasteiger partial charge in [0.05, 0.1) is 12.2 Å². The van der Waals surface area contributed by atoms with Crippen LogP contribution >= 0.6 is 0 Å². The second kappa shape index (κ2) is 7.30.